The molecule has 4 N–H and O–H groups in total. The van der Waals surface area contributed by atoms with Crippen LogP contribution in [0.15, 0.2) is 12.2 Å². The molecule has 0 fully saturated rings. The van der Waals surface area contributed by atoms with Crippen molar-refractivity contribution >= 4 is 0 Å². The van der Waals surface area contributed by atoms with Crippen LogP contribution in [0.2, 0.25) is 0 Å². The summed E-state index contributed by atoms with van der Waals surface area (Å²) in [4.78, 5) is 0. The van der Waals surface area contributed by atoms with Crippen LogP contribution in [0.1, 0.15) is 26.7 Å². The van der Waals surface area contributed by atoms with E-state index < -0.39 is 0 Å². The standard InChI is InChI=1S/C8H18N2/c1-3-5-6-8(10,4-2)7-9/h5-6H,3-4,7,9-10H2,1-2H3/b6-5-/t8-/m1/s1. The van der Waals surface area contributed by atoms with Crippen molar-refractivity contribution in [2.75, 3.05) is 6.54 Å². The summed E-state index contributed by atoms with van der Waals surface area (Å²) < 4.78 is 0. The largest absolute Gasteiger partial charge is 0.328 e. The van der Waals surface area contributed by atoms with Gasteiger partial charge in [0.15, 0.2) is 0 Å². The van der Waals surface area contributed by atoms with E-state index in [1.807, 2.05) is 13.0 Å². The zero-order chi connectivity index (χ0) is 8.04. The van der Waals surface area contributed by atoms with Gasteiger partial charge < -0.3 is 11.5 Å². The fourth-order valence-corrected chi connectivity index (χ4v) is 0.683. The Morgan fingerprint density at radius 2 is 2.00 bits per heavy atom. The second-order valence-electron chi connectivity index (χ2n) is 2.60. The van der Waals surface area contributed by atoms with Gasteiger partial charge in [0.1, 0.15) is 0 Å². The van der Waals surface area contributed by atoms with E-state index in [0.717, 1.165) is 12.8 Å². The molecular weight excluding hydrogens is 124 g/mol. The number of hydrogen-bond acceptors (Lipinski definition) is 2. The van der Waals surface area contributed by atoms with Crippen molar-refractivity contribution < 1.29 is 0 Å². The Bertz CT molecular complexity index is 104. The van der Waals surface area contributed by atoms with Crippen LogP contribution >= 0.6 is 0 Å². The van der Waals surface area contributed by atoms with Gasteiger partial charge in [-0.25, -0.2) is 0 Å². The van der Waals surface area contributed by atoms with Gasteiger partial charge in [0.25, 0.3) is 0 Å². The van der Waals surface area contributed by atoms with Crippen LogP contribution in [-0.2, 0) is 0 Å². The Morgan fingerprint density at radius 1 is 1.40 bits per heavy atom. The third kappa shape index (κ3) is 2.99. The maximum atomic E-state index is 5.87. The Kier molecular flexibility index (Phi) is 4.32. The van der Waals surface area contributed by atoms with Gasteiger partial charge in [0.2, 0.25) is 0 Å². The molecule has 60 valence electrons. The average molecular weight is 142 g/mol. The minimum atomic E-state index is -0.268. The first kappa shape index (κ1) is 9.66. The molecule has 0 aromatic rings. The van der Waals surface area contributed by atoms with E-state index in [4.69, 9.17) is 11.5 Å². The predicted molar refractivity (Wildman–Crippen MR) is 45.7 cm³/mol. The molecule has 0 aliphatic rings. The van der Waals surface area contributed by atoms with E-state index in [2.05, 4.69) is 13.0 Å². The summed E-state index contributed by atoms with van der Waals surface area (Å²) in [6.45, 7) is 4.66. The summed E-state index contributed by atoms with van der Waals surface area (Å²) in [7, 11) is 0. The topological polar surface area (TPSA) is 52.0 Å². The normalized spacial score (nSPS) is 17.6. The van der Waals surface area contributed by atoms with Crippen molar-refractivity contribution in [2.45, 2.75) is 32.2 Å². The molecule has 0 rings (SSSR count). The van der Waals surface area contributed by atoms with Gasteiger partial charge in [-0.15, -0.1) is 0 Å². The second-order valence-corrected chi connectivity index (χ2v) is 2.60. The molecule has 2 heteroatoms. The highest BCUT2D eigenvalue weighted by molar-refractivity contribution is 5.04. The van der Waals surface area contributed by atoms with Gasteiger partial charge in [0, 0.05) is 12.1 Å². The molecule has 0 aliphatic carbocycles. The lowest BCUT2D eigenvalue weighted by Gasteiger charge is -2.21. The van der Waals surface area contributed by atoms with E-state index in [0.29, 0.717) is 6.54 Å². The Hall–Kier alpha value is -0.340. The quantitative estimate of drug-likeness (QED) is 0.576. The van der Waals surface area contributed by atoms with E-state index >= 15 is 0 Å². The van der Waals surface area contributed by atoms with Crippen LogP contribution in [0.25, 0.3) is 0 Å². The zero-order valence-electron chi connectivity index (χ0n) is 6.93. The van der Waals surface area contributed by atoms with E-state index in [9.17, 15) is 0 Å². The molecule has 0 aromatic carbocycles. The first-order chi connectivity index (χ1) is 4.68. The van der Waals surface area contributed by atoms with Gasteiger partial charge in [-0.05, 0) is 12.8 Å². The van der Waals surface area contributed by atoms with Crippen molar-refractivity contribution in [3.63, 3.8) is 0 Å². The number of rotatable bonds is 4. The highest BCUT2D eigenvalue weighted by atomic mass is 14.8. The molecule has 0 amide bonds. The van der Waals surface area contributed by atoms with Crippen molar-refractivity contribution in [3.8, 4) is 0 Å². The van der Waals surface area contributed by atoms with Gasteiger partial charge in [-0.2, -0.15) is 0 Å². The van der Waals surface area contributed by atoms with E-state index in [-0.39, 0.29) is 5.54 Å². The van der Waals surface area contributed by atoms with Crippen molar-refractivity contribution in [1.29, 1.82) is 0 Å². The summed E-state index contributed by atoms with van der Waals surface area (Å²) in [5.74, 6) is 0. The summed E-state index contributed by atoms with van der Waals surface area (Å²) in [5, 5.41) is 0. The Labute approximate surface area is 63.3 Å². The summed E-state index contributed by atoms with van der Waals surface area (Å²) in [6.07, 6.45) is 6.00. The molecule has 1 atom stereocenters. The number of nitrogens with two attached hydrogens (primary N) is 2. The summed E-state index contributed by atoms with van der Waals surface area (Å²) in [5.41, 5.74) is 11.1. The fraction of sp³-hybridized carbons (Fsp3) is 0.750. The van der Waals surface area contributed by atoms with E-state index in [1.54, 1.807) is 0 Å². The molecule has 0 bridgehead atoms. The summed E-state index contributed by atoms with van der Waals surface area (Å²) in [6, 6.07) is 0. The van der Waals surface area contributed by atoms with Gasteiger partial charge >= 0.3 is 0 Å². The SMILES string of the molecule is CC/C=C\[C@](N)(CC)CN. The highest BCUT2D eigenvalue weighted by Gasteiger charge is 2.14. The van der Waals surface area contributed by atoms with E-state index in [1.165, 1.54) is 0 Å². The molecule has 0 aromatic heterocycles. The first-order valence-corrected chi connectivity index (χ1v) is 3.85. The molecular formula is C8H18N2. The van der Waals surface area contributed by atoms with Crippen LogP contribution in [0.4, 0.5) is 0 Å². The third-order valence-corrected chi connectivity index (χ3v) is 1.72. The molecule has 0 saturated carbocycles. The molecule has 0 saturated heterocycles. The van der Waals surface area contributed by atoms with Crippen LogP contribution in [-0.4, -0.2) is 12.1 Å². The fourth-order valence-electron chi connectivity index (χ4n) is 0.683. The maximum Gasteiger partial charge on any atom is 0.0460 e. The minimum Gasteiger partial charge on any atom is -0.328 e. The lowest BCUT2D eigenvalue weighted by atomic mass is 9.97. The smallest absolute Gasteiger partial charge is 0.0460 e. The predicted octanol–water partition coefficient (Wildman–Crippen LogP) is 1.02. The molecule has 0 heterocycles. The lowest BCUT2D eigenvalue weighted by Crippen LogP contribution is -2.44. The number of hydrogen-bond donors (Lipinski definition) is 2. The molecule has 0 spiro atoms. The molecule has 2 nitrogen and oxygen atoms in total. The van der Waals surface area contributed by atoms with Crippen LogP contribution < -0.4 is 11.5 Å². The van der Waals surface area contributed by atoms with Crippen LogP contribution in [0.5, 0.6) is 0 Å². The lowest BCUT2D eigenvalue weighted by molar-refractivity contribution is 0.520. The number of allylic oxidation sites excluding steroid dienone is 1. The Balaban J connectivity index is 3.92. The van der Waals surface area contributed by atoms with Gasteiger partial charge in [-0.1, -0.05) is 26.0 Å². The van der Waals surface area contributed by atoms with Crippen molar-refractivity contribution in [3.05, 3.63) is 12.2 Å². The van der Waals surface area contributed by atoms with Crippen LogP contribution in [0.3, 0.4) is 0 Å². The molecule has 0 radical (unpaired) electrons. The molecule has 0 unspecified atom stereocenters. The van der Waals surface area contributed by atoms with Crippen LogP contribution in [0, 0.1) is 0 Å². The summed E-state index contributed by atoms with van der Waals surface area (Å²) >= 11 is 0. The minimum absolute atomic E-state index is 0.268. The van der Waals surface area contributed by atoms with Gasteiger partial charge in [0.05, 0.1) is 0 Å². The van der Waals surface area contributed by atoms with Gasteiger partial charge in [-0.3, -0.25) is 0 Å². The average Bonchev–Trinajstić information content (AvgIpc) is 2.00. The van der Waals surface area contributed by atoms with Crippen molar-refractivity contribution in [1.82, 2.24) is 0 Å². The molecule has 0 aliphatic heterocycles. The second kappa shape index (κ2) is 4.47. The zero-order valence-corrected chi connectivity index (χ0v) is 6.93. The third-order valence-electron chi connectivity index (χ3n) is 1.72. The van der Waals surface area contributed by atoms with Crippen molar-refractivity contribution in [2.24, 2.45) is 11.5 Å². The first-order valence-electron chi connectivity index (χ1n) is 3.85. The monoisotopic (exact) mass is 142 g/mol. The molecule has 10 heavy (non-hydrogen) atoms. The Morgan fingerprint density at radius 3 is 2.30 bits per heavy atom. The highest BCUT2D eigenvalue weighted by Crippen LogP contribution is 2.05. The maximum absolute atomic E-state index is 5.87.